The van der Waals surface area contributed by atoms with Gasteiger partial charge in [-0.25, -0.2) is 9.37 Å². The van der Waals surface area contributed by atoms with Crippen molar-refractivity contribution in [2.45, 2.75) is 51.2 Å². The van der Waals surface area contributed by atoms with Gasteiger partial charge in [0.25, 0.3) is 0 Å². The van der Waals surface area contributed by atoms with Gasteiger partial charge in [0.2, 0.25) is 0 Å². The number of nitriles is 1. The summed E-state index contributed by atoms with van der Waals surface area (Å²) >= 11 is 23.0. The van der Waals surface area contributed by atoms with Crippen LogP contribution in [0.3, 0.4) is 0 Å². The average Bonchev–Trinajstić information content (AvgIpc) is 3.03. The van der Waals surface area contributed by atoms with Crippen molar-refractivity contribution in [3.05, 3.63) is 97.3 Å². The Morgan fingerprint density at radius 2 is 1.81 bits per heavy atom. The molecule has 5 rings (SSSR count). The third-order valence-corrected chi connectivity index (χ3v) is 9.41. The van der Waals surface area contributed by atoms with Crippen LogP contribution in [-0.2, 0) is 0 Å². The number of benzene rings is 2. The highest BCUT2D eigenvalue weighted by molar-refractivity contribution is 9.10. The maximum atomic E-state index is 13.9. The van der Waals surface area contributed by atoms with Crippen molar-refractivity contribution in [3.63, 3.8) is 0 Å². The van der Waals surface area contributed by atoms with Gasteiger partial charge >= 0.3 is 0 Å². The zero-order valence-corrected chi connectivity index (χ0v) is 29.8. The van der Waals surface area contributed by atoms with Crippen molar-refractivity contribution < 1.29 is 4.39 Å². The van der Waals surface area contributed by atoms with E-state index in [1.54, 1.807) is 12.3 Å². The number of nitrogens with zero attached hydrogens (tertiary/aromatic N) is 4. The minimum atomic E-state index is -0.604. The van der Waals surface area contributed by atoms with E-state index in [-0.39, 0.29) is 27.3 Å². The summed E-state index contributed by atoms with van der Waals surface area (Å²) in [5.41, 5.74) is 6.43. The zero-order valence-electron chi connectivity index (χ0n) is 25.9. The van der Waals surface area contributed by atoms with E-state index in [2.05, 4.69) is 79.0 Å². The second-order valence-corrected chi connectivity index (χ2v) is 14.3. The Labute approximate surface area is 296 Å². The lowest BCUT2D eigenvalue weighted by Crippen LogP contribution is -2.49. The minimum absolute atomic E-state index is 0.0587. The summed E-state index contributed by atoms with van der Waals surface area (Å²) in [5, 5.41) is 21.3. The van der Waals surface area contributed by atoms with Gasteiger partial charge in [-0.15, -0.1) is 0 Å². The molecule has 1 aliphatic heterocycles. The Kier molecular flexibility index (Phi) is 11.0. The summed E-state index contributed by atoms with van der Waals surface area (Å²) in [6, 6.07) is 11.5. The Morgan fingerprint density at radius 3 is 2.47 bits per heavy atom. The fourth-order valence-electron chi connectivity index (χ4n) is 5.54. The summed E-state index contributed by atoms with van der Waals surface area (Å²) in [6.07, 6.45) is 6.88. The van der Waals surface area contributed by atoms with Gasteiger partial charge in [0.1, 0.15) is 17.0 Å². The van der Waals surface area contributed by atoms with Crippen molar-refractivity contribution >= 4 is 78.7 Å². The van der Waals surface area contributed by atoms with Crippen LogP contribution in [0.4, 0.5) is 21.5 Å². The van der Waals surface area contributed by atoms with Crippen LogP contribution < -0.4 is 27.2 Å². The lowest BCUT2D eigenvalue weighted by atomic mass is 9.98. The van der Waals surface area contributed by atoms with E-state index in [1.807, 2.05) is 18.3 Å². The molecule has 14 heteroatoms. The molecule has 246 valence electrons. The number of aromatic nitrogens is 2. The second-order valence-electron chi connectivity index (χ2n) is 12.2. The number of likely N-dealkylation sites (tertiary alicyclic amines) is 1. The number of hydrogen-bond acceptors (Lipinski definition) is 9. The molecule has 0 radical (unpaired) electrons. The number of rotatable bonds is 9. The van der Waals surface area contributed by atoms with Gasteiger partial charge in [-0.3, -0.25) is 15.7 Å². The fourth-order valence-corrected chi connectivity index (χ4v) is 6.55. The molecule has 0 unspecified atom stereocenters. The Hall–Kier alpha value is -3.37. The molecule has 3 heterocycles. The Morgan fingerprint density at radius 1 is 1.09 bits per heavy atom. The monoisotopic (exact) mass is 759 g/mol. The molecule has 0 bridgehead atoms. The lowest BCUT2D eigenvalue weighted by molar-refractivity contribution is 0.0988. The number of halogens is 5. The number of fused-ring (bicyclic) bond motifs is 1. The normalized spacial score (nSPS) is 15.3. The van der Waals surface area contributed by atoms with Crippen LogP contribution in [-0.4, -0.2) is 39.5 Å². The first-order valence-electron chi connectivity index (χ1n) is 14.9. The van der Waals surface area contributed by atoms with Gasteiger partial charge < -0.3 is 21.4 Å². The highest BCUT2D eigenvalue weighted by Gasteiger charge is 2.27. The predicted molar refractivity (Wildman–Crippen MR) is 192 cm³/mol. The number of hydrazine groups is 1. The van der Waals surface area contributed by atoms with Gasteiger partial charge in [0.15, 0.2) is 0 Å². The summed E-state index contributed by atoms with van der Waals surface area (Å²) < 4.78 is 14.6. The molecule has 9 nitrogen and oxygen atoms in total. The number of piperidine rings is 1. The number of anilines is 3. The second kappa shape index (κ2) is 14.8. The van der Waals surface area contributed by atoms with Gasteiger partial charge in [-0.05, 0) is 85.9 Å². The topological polar surface area (TPSA) is 127 Å². The predicted octanol–water partition coefficient (Wildman–Crippen LogP) is 8.42. The fraction of sp³-hybridized carbons (Fsp3) is 0.303. The Balaban J connectivity index is 1.53. The number of nitrogens with one attached hydrogen (secondary N) is 4. The van der Waals surface area contributed by atoms with Crippen molar-refractivity contribution in [2.24, 2.45) is 5.84 Å². The molecule has 1 aliphatic rings. The first-order valence-corrected chi connectivity index (χ1v) is 16.8. The largest absolute Gasteiger partial charge is 0.387 e. The first kappa shape index (κ1) is 35.0. The van der Waals surface area contributed by atoms with Crippen LogP contribution >= 0.6 is 50.7 Å². The summed E-state index contributed by atoms with van der Waals surface area (Å²) in [6.45, 7) is 8.67. The van der Waals surface area contributed by atoms with E-state index < -0.39 is 11.9 Å². The van der Waals surface area contributed by atoms with Crippen molar-refractivity contribution in [1.29, 1.82) is 5.26 Å². The van der Waals surface area contributed by atoms with Crippen LogP contribution in [0.25, 0.3) is 10.9 Å². The highest BCUT2D eigenvalue weighted by atomic mass is 79.9. The molecule has 1 saturated heterocycles. The van der Waals surface area contributed by atoms with Gasteiger partial charge in [0.05, 0.1) is 38.6 Å². The average molecular weight is 762 g/mol. The van der Waals surface area contributed by atoms with Crippen LogP contribution in [0.2, 0.25) is 15.2 Å². The molecule has 1 fully saturated rings. The molecule has 0 spiro atoms. The zero-order chi connectivity index (χ0) is 33.9. The van der Waals surface area contributed by atoms with Crippen molar-refractivity contribution in [1.82, 2.24) is 25.6 Å². The third kappa shape index (κ3) is 8.20. The summed E-state index contributed by atoms with van der Waals surface area (Å²) in [7, 11) is 0. The molecule has 2 aromatic carbocycles. The van der Waals surface area contributed by atoms with Crippen molar-refractivity contribution in [2.75, 3.05) is 23.7 Å². The molecule has 47 heavy (non-hydrogen) atoms. The summed E-state index contributed by atoms with van der Waals surface area (Å²) in [4.78, 5) is 11.3. The van der Waals surface area contributed by atoms with Crippen LogP contribution in [0.5, 0.6) is 0 Å². The lowest BCUT2D eigenvalue weighted by Gasteiger charge is -2.41. The smallest absolute Gasteiger partial charge is 0.141 e. The Bertz CT molecular complexity index is 1850. The molecular weight excluding hydrogens is 728 g/mol. The van der Waals surface area contributed by atoms with Gasteiger partial charge in [0, 0.05) is 70.1 Å². The van der Waals surface area contributed by atoms with E-state index in [1.165, 1.54) is 24.4 Å². The molecule has 1 atom stereocenters. The molecule has 6 N–H and O–H groups in total. The van der Waals surface area contributed by atoms with Crippen LogP contribution in [0.1, 0.15) is 50.8 Å². The molecule has 0 saturated carbocycles. The van der Waals surface area contributed by atoms with Gasteiger partial charge in [-0.1, -0.05) is 34.8 Å². The molecule has 2 aromatic heterocycles. The summed E-state index contributed by atoms with van der Waals surface area (Å²) in [5.74, 6) is 5.58. The van der Waals surface area contributed by atoms with E-state index in [0.717, 1.165) is 30.4 Å². The van der Waals surface area contributed by atoms with E-state index in [4.69, 9.17) is 40.6 Å². The quantitative estimate of drug-likeness (QED) is 0.0649. The maximum absolute atomic E-state index is 13.9. The number of hydrogen-bond donors (Lipinski definition) is 5. The molecular formula is C33H34BrCl3FN9. The number of nitrogens with two attached hydrogens (primary N) is 1. The standard InChI is InChI=1S/C33H34BrCl3FN9/c1-33(2,3)47-8-6-20(7-9-47)41-17-28(46-40)31(24-10-19(34)16-43-32(24)37)45-22-11-23-29(44-21-4-5-27(38)25(35)12-21)18(14-39)15-42-30(23)26(36)13-22/h4-5,10-13,15-17,20,31,41,45-46H,6-9,40H2,1-3H3,(H,42,44)/b28-17-/t31-/m0/s1. The molecule has 0 aliphatic carbocycles. The van der Waals surface area contributed by atoms with Gasteiger partial charge in [-0.2, -0.15) is 5.26 Å². The highest BCUT2D eigenvalue weighted by Crippen LogP contribution is 2.38. The van der Waals surface area contributed by atoms with Crippen LogP contribution in [0, 0.1) is 17.1 Å². The number of pyridine rings is 2. The maximum Gasteiger partial charge on any atom is 0.141 e. The SMILES string of the molecule is CC(C)(C)N1CCC(N/C=C(\NN)[C@@H](Nc2cc(Cl)c3ncc(C#N)c(Nc4ccc(F)c(Cl)c4)c3c2)c2cc(Br)cnc2Cl)CC1. The molecule has 0 amide bonds. The van der Waals surface area contributed by atoms with E-state index in [9.17, 15) is 9.65 Å². The first-order chi connectivity index (χ1) is 22.4. The van der Waals surface area contributed by atoms with E-state index in [0.29, 0.717) is 44.2 Å². The van der Waals surface area contributed by atoms with Crippen molar-refractivity contribution in [3.8, 4) is 6.07 Å². The van der Waals surface area contributed by atoms with Crippen LogP contribution in [0.15, 0.2) is 65.2 Å². The third-order valence-electron chi connectivity index (χ3n) is 8.08. The van der Waals surface area contributed by atoms with E-state index >= 15 is 0 Å². The molecule has 4 aromatic rings. The minimum Gasteiger partial charge on any atom is -0.387 e.